The molecular weight excluding hydrogens is 262 g/mol. The first kappa shape index (κ1) is 13.7. The van der Waals surface area contributed by atoms with Gasteiger partial charge in [-0.1, -0.05) is 12.1 Å². The van der Waals surface area contributed by atoms with E-state index in [2.05, 4.69) is 15.6 Å². The number of aryl methyl sites for hydroxylation is 1. The zero-order valence-electron chi connectivity index (χ0n) is 12.1. The molecule has 0 saturated carbocycles. The van der Waals surface area contributed by atoms with Gasteiger partial charge in [-0.25, -0.2) is 4.98 Å². The molecule has 2 aromatic rings. The summed E-state index contributed by atoms with van der Waals surface area (Å²) in [7, 11) is 0. The van der Waals surface area contributed by atoms with E-state index in [1.165, 1.54) is 24.2 Å². The third-order valence-electron chi connectivity index (χ3n) is 3.92. The van der Waals surface area contributed by atoms with Crippen molar-refractivity contribution in [1.82, 2.24) is 9.55 Å². The summed E-state index contributed by atoms with van der Waals surface area (Å²) < 4.78 is 7.99. The number of hydrogen-bond acceptors (Lipinski definition) is 3. The van der Waals surface area contributed by atoms with E-state index in [4.69, 9.17) is 10.00 Å². The number of fused-ring (bicyclic) bond motifs is 1. The van der Waals surface area contributed by atoms with Crippen molar-refractivity contribution >= 4 is 0 Å². The molecule has 1 aliphatic rings. The molecular formula is C17H19N3O. The minimum Gasteiger partial charge on any atom is -0.492 e. The van der Waals surface area contributed by atoms with Crippen molar-refractivity contribution < 1.29 is 4.74 Å². The second kappa shape index (κ2) is 6.45. The number of rotatable bonds is 5. The summed E-state index contributed by atoms with van der Waals surface area (Å²) in [6.07, 6.45) is 7.16. The summed E-state index contributed by atoms with van der Waals surface area (Å²) in [6.45, 7) is 1.47. The second-order valence-corrected chi connectivity index (χ2v) is 5.37. The number of nitrogens with zero attached hydrogens (tertiary/aromatic N) is 3. The highest BCUT2D eigenvalue weighted by Gasteiger charge is 2.14. The van der Waals surface area contributed by atoms with Gasteiger partial charge in [0.05, 0.1) is 31.1 Å². The second-order valence-electron chi connectivity index (χ2n) is 5.37. The van der Waals surface area contributed by atoms with E-state index in [1.807, 2.05) is 30.6 Å². The lowest BCUT2D eigenvalue weighted by atomic mass is 10.0. The lowest BCUT2D eigenvalue weighted by Crippen LogP contribution is -2.12. The van der Waals surface area contributed by atoms with Gasteiger partial charge < -0.3 is 9.30 Å². The number of imidazole rings is 1. The molecule has 0 unspecified atom stereocenters. The van der Waals surface area contributed by atoms with Crippen molar-refractivity contribution in [3.63, 3.8) is 0 Å². The Morgan fingerprint density at radius 2 is 2.00 bits per heavy atom. The normalized spacial score (nSPS) is 13.5. The number of nitriles is 1. The first-order chi connectivity index (χ1) is 10.4. The summed E-state index contributed by atoms with van der Waals surface area (Å²) in [4.78, 5) is 4.49. The van der Waals surface area contributed by atoms with Gasteiger partial charge >= 0.3 is 0 Å². The zero-order chi connectivity index (χ0) is 14.5. The van der Waals surface area contributed by atoms with Gasteiger partial charge in [0.25, 0.3) is 0 Å². The van der Waals surface area contributed by atoms with Crippen LogP contribution in [0.2, 0.25) is 0 Å². The molecule has 1 aromatic heterocycles. The highest BCUT2D eigenvalue weighted by Crippen LogP contribution is 2.20. The minimum absolute atomic E-state index is 0.446. The van der Waals surface area contributed by atoms with Gasteiger partial charge in [0.2, 0.25) is 0 Å². The molecule has 108 valence electrons. The van der Waals surface area contributed by atoms with Crippen LogP contribution in [0.5, 0.6) is 5.75 Å². The van der Waals surface area contributed by atoms with Gasteiger partial charge in [0, 0.05) is 5.69 Å². The maximum Gasteiger partial charge on any atom is 0.119 e. The predicted octanol–water partition coefficient (Wildman–Crippen LogP) is 2.91. The topological polar surface area (TPSA) is 50.8 Å². The Bertz CT molecular complexity index is 637. The average molecular weight is 281 g/mol. The van der Waals surface area contributed by atoms with Crippen LogP contribution in [0.15, 0.2) is 30.6 Å². The first-order valence-corrected chi connectivity index (χ1v) is 7.48. The summed E-state index contributed by atoms with van der Waals surface area (Å²) in [5.74, 6) is 0.852. The van der Waals surface area contributed by atoms with Crippen LogP contribution in [0, 0.1) is 11.3 Å². The van der Waals surface area contributed by atoms with Crippen LogP contribution in [-0.4, -0.2) is 16.2 Å². The molecule has 4 heteroatoms. The molecule has 1 aromatic carbocycles. The Morgan fingerprint density at radius 3 is 2.81 bits per heavy atom. The fourth-order valence-corrected chi connectivity index (χ4v) is 2.78. The molecule has 0 bridgehead atoms. The van der Waals surface area contributed by atoms with E-state index in [9.17, 15) is 0 Å². The number of ether oxygens (including phenoxy) is 1. The van der Waals surface area contributed by atoms with E-state index in [-0.39, 0.29) is 0 Å². The minimum atomic E-state index is 0.446. The first-order valence-electron chi connectivity index (χ1n) is 7.48. The quantitative estimate of drug-likeness (QED) is 0.846. The Labute approximate surface area is 125 Å². The van der Waals surface area contributed by atoms with Crippen LogP contribution in [-0.2, 0) is 25.8 Å². The Morgan fingerprint density at radius 1 is 1.19 bits per heavy atom. The molecule has 3 rings (SSSR count). The standard InChI is InChI=1S/C17H19N3O/c18-10-9-14-5-7-15(8-6-14)21-12-11-20-13-19-16-3-1-2-4-17(16)20/h5-8,13H,1-4,9,11-12H2. The van der Waals surface area contributed by atoms with Gasteiger partial charge in [0.15, 0.2) is 0 Å². The molecule has 0 atom stereocenters. The zero-order valence-corrected chi connectivity index (χ0v) is 12.1. The molecule has 0 N–H and O–H groups in total. The van der Waals surface area contributed by atoms with E-state index >= 15 is 0 Å². The molecule has 0 aliphatic heterocycles. The molecule has 4 nitrogen and oxygen atoms in total. The maximum atomic E-state index is 8.64. The van der Waals surface area contributed by atoms with Gasteiger partial charge in [0.1, 0.15) is 12.4 Å². The van der Waals surface area contributed by atoms with Crippen LogP contribution in [0.3, 0.4) is 0 Å². The summed E-state index contributed by atoms with van der Waals surface area (Å²) in [5, 5.41) is 8.64. The van der Waals surface area contributed by atoms with E-state index in [0.717, 1.165) is 30.7 Å². The van der Waals surface area contributed by atoms with Crippen molar-refractivity contribution in [2.75, 3.05) is 6.61 Å². The van der Waals surface area contributed by atoms with Gasteiger partial charge in [-0.2, -0.15) is 5.26 Å². The number of aromatic nitrogens is 2. The molecule has 0 spiro atoms. The van der Waals surface area contributed by atoms with Crippen LogP contribution in [0.4, 0.5) is 0 Å². The van der Waals surface area contributed by atoms with E-state index in [1.54, 1.807) is 0 Å². The molecule has 21 heavy (non-hydrogen) atoms. The lowest BCUT2D eigenvalue weighted by Gasteiger charge is -2.14. The van der Waals surface area contributed by atoms with Crippen LogP contribution in [0.1, 0.15) is 29.8 Å². The highest BCUT2D eigenvalue weighted by molar-refractivity contribution is 5.28. The third-order valence-corrected chi connectivity index (χ3v) is 3.92. The average Bonchev–Trinajstić information content (AvgIpc) is 2.93. The van der Waals surface area contributed by atoms with E-state index < -0.39 is 0 Å². The fourth-order valence-electron chi connectivity index (χ4n) is 2.78. The molecule has 0 saturated heterocycles. The Kier molecular flexibility index (Phi) is 4.20. The SMILES string of the molecule is N#CCc1ccc(OCCn2cnc3c2CCCC3)cc1. The predicted molar refractivity (Wildman–Crippen MR) is 80.1 cm³/mol. The summed E-state index contributed by atoms with van der Waals surface area (Å²) in [6, 6.07) is 9.88. The van der Waals surface area contributed by atoms with Crippen molar-refractivity contribution in [3.8, 4) is 11.8 Å². The van der Waals surface area contributed by atoms with Crippen molar-refractivity contribution in [2.24, 2.45) is 0 Å². The molecule has 1 heterocycles. The summed E-state index contributed by atoms with van der Waals surface area (Å²) >= 11 is 0. The number of hydrogen-bond donors (Lipinski definition) is 0. The van der Waals surface area contributed by atoms with Gasteiger partial charge in [-0.15, -0.1) is 0 Å². The Hall–Kier alpha value is -2.28. The molecule has 1 aliphatic carbocycles. The maximum absolute atomic E-state index is 8.64. The number of benzene rings is 1. The van der Waals surface area contributed by atoms with Gasteiger partial charge in [-0.3, -0.25) is 0 Å². The third kappa shape index (κ3) is 3.25. The van der Waals surface area contributed by atoms with Crippen molar-refractivity contribution in [3.05, 3.63) is 47.5 Å². The van der Waals surface area contributed by atoms with Crippen molar-refractivity contribution in [1.29, 1.82) is 5.26 Å². The van der Waals surface area contributed by atoms with Gasteiger partial charge in [-0.05, 0) is 43.4 Å². The van der Waals surface area contributed by atoms with Crippen LogP contribution >= 0.6 is 0 Å². The smallest absolute Gasteiger partial charge is 0.119 e. The molecule has 0 amide bonds. The van der Waals surface area contributed by atoms with Crippen LogP contribution < -0.4 is 4.74 Å². The van der Waals surface area contributed by atoms with Crippen molar-refractivity contribution in [2.45, 2.75) is 38.6 Å². The molecule has 0 fully saturated rings. The monoisotopic (exact) mass is 281 g/mol. The lowest BCUT2D eigenvalue weighted by molar-refractivity contribution is 0.296. The van der Waals surface area contributed by atoms with Crippen LogP contribution in [0.25, 0.3) is 0 Å². The molecule has 0 radical (unpaired) electrons. The fraction of sp³-hybridized carbons (Fsp3) is 0.412. The Balaban J connectivity index is 1.54. The highest BCUT2D eigenvalue weighted by atomic mass is 16.5. The van der Waals surface area contributed by atoms with E-state index in [0.29, 0.717) is 13.0 Å². The largest absolute Gasteiger partial charge is 0.492 e. The summed E-state index contributed by atoms with van der Waals surface area (Å²) in [5.41, 5.74) is 3.67.